The van der Waals surface area contributed by atoms with Crippen molar-refractivity contribution in [1.82, 2.24) is 0 Å². The minimum absolute atomic E-state index is 0. The van der Waals surface area contributed by atoms with E-state index in [9.17, 15) is 0 Å². The molecule has 94 valence electrons. The fourth-order valence-corrected chi connectivity index (χ4v) is 1.77. The third-order valence-electron chi connectivity index (χ3n) is 2.31. The minimum Gasteiger partial charge on any atom is -0.400 e. The van der Waals surface area contributed by atoms with Crippen LogP contribution in [0.4, 0.5) is 0 Å². The fraction of sp³-hybridized carbons (Fsp3) is 0.667. The van der Waals surface area contributed by atoms with Gasteiger partial charge in [0.15, 0.2) is 0 Å². The summed E-state index contributed by atoms with van der Waals surface area (Å²) in [4.78, 5) is 0. The van der Waals surface area contributed by atoms with Crippen LogP contribution in [-0.2, 0) is 21.7 Å². The molecule has 2 aliphatic rings. The first kappa shape index (κ1) is 21.4. The molecule has 0 atom stereocenters. The maximum absolute atomic E-state index is 7.00. The largest absolute Gasteiger partial charge is 0.400 e. The summed E-state index contributed by atoms with van der Waals surface area (Å²) < 4.78 is 0. The van der Waals surface area contributed by atoms with Crippen LogP contribution < -0.4 is 0 Å². The van der Waals surface area contributed by atoms with Gasteiger partial charge in [0.05, 0.1) is 0 Å². The van der Waals surface area contributed by atoms with Crippen molar-refractivity contribution in [2.45, 2.75) is 32.1 Å². The van der Waals surface area contributed by atoms with Crippen molar-refractivity contribution in [3.8, 4) is 0 Å². The van der Waals surface area contributed by atoms with E-state index in [0.29, 0.717) is 0 Å². The molecule has 3 N–H and O–H groups in total. The Labute approximate surface area is 114 Å². The summed E-state index contributed by atoms with van der Waals surface area (Å²) in [7, 11) is 3.00. The molecule has 4 heteroatoms. The van der Waals surface area contributed by atoms with Gasteiger partial charge in [-0.25, -0.2) is 0 Å². The van der Waals surface area contributed by atoms with Gasteiger partial charge in [0.2, 0.25) is 0 Å². The molecule has 0 unspecified atom stereocenters. The summed E-state index contributed by atoms with van der Waals surface area (Å²) in [5.41, 5.74) is 3.38. The molecule has 16 heavy (non-hydrogen) atoms. The summed E-state index contributed by atoms with van der Waals surface area (Å²) in [6, 6.07) is 0. The second-order valence-corrected chi connectivity index (χ2v) is 2.94. The molecule has 2 aliphatic carbocycles. The van der Waals surface area contributed by atoms with Gasteiger partial charge in [0, 0.05) is 43.0 Å². The van der Waals surface area contributed by atoms with Gasteiger partial charge in [0.1, 0.15) is 0 Å². The predicted octanol–water partition coefficient (Wildman–Crippen LogP) is 1.64. The van der Waals surface area contributed by atoms with Gasteiger partial charge in [-0.2, -0.15) is 0 Å². The van der Waals surface area contributed by atoms with Gasteiger partial charge in [-0.15, -0.1) is 0 Å². The van der Waals surface area contributed by atoms with Crippen molar-refractivity contribution >= 4 is 0 Å². The number of rotatable bonds is 0. The van der Waals surface area contributed by atoms with Crippen LogP contribution in [0.3, 0.4) is 0 Å². The first-order valence-corrected chi connectivity index (χ1v) is 5.18. The quantitative estimate of drug-likeness (QED) is 0.583. The van der Waals surface area contributed by atoms with Gasteiger partial charge < -0.3 is 15.3 Å². The van der Waals surface area contributed by atoms with Crippen molar-refractivity contribution < 1.29 is 37.0 Å². The van der Waals surface area contributed by atoms with Crippen LogP contribution in [0.2, 0.25) is 0 Å². The first-order chi connectivity index (χ1) is 7.47. The molecule has 0 spiro atoms. The number of aliphatic hydroxyl groups excluding tert-OH is 3. The molecule has 0 radical (unpaired) electrons. The van der Waals surface area contributed by atoms with Gasteiger partial charge in [-0.3, -0.25) is 0 Å². The number of aliphatic hydroxyl groups is 3. The molecule has 2 rings (SSSR count). The van der Waals surface area contributed by atoms with Crippen LogP contribution >= 0.6 is 0 Å². The Morgan fingerprint density at radius 1 is 0.875 bits per heavy atom. The molecule has 0 aromatic rings. The third-order valence-corrected chi connectivity index (χ3v) is 2.31. The zero-order chi connectivity index (χ0) is 12.1. The summed E-state index contributed by atoms with van der Waals surface area (Å²) in [6.07, 6.45) is 11.5. The topological polar surface area (TPSA) is 60.7 Å². The fourth-order valence-electron chi connectivity index (χ4n) is 1.77. The monoisotopic (exact) mass is 264 g/mol. The Balaban J connectivity index is -0.000000214. The number of hydrogen-bond donors (Lipinski definition) is 3. The van der Waals surface area contributed by atoms with E-state index < -0.39 is 0 Å². The van der Waals surface area contributed by atoms with Crippen molar-refractivity contribution in [2.75, 3.05) is 21.3 Å². The molecule has 3 nitrogen and oxygen atoms in total. The SMILES string of the molecule is C1=CC2=C(C1)CCCC2.CO.CO.CO.[Ti]. The van der Waals surface area contributed by atoms with Gasteiger partial charge in [-0.05, 0) is 37.7 Å². The van der Waals surface area contributed by atoms with Crippen molar-refractivity contribution in [2.24, 2.45) is 0 Å². The van der Waals surface area contributed by atoms with E-state index in [1.807, 2.05) is 0 Å². The van der Waals surface area contributed by atoms with E-state index in [-0.39, 0.29) is 21.7 Å². The Hall–Kier alpha value is 0.0743. The van der Waals surface area contributed by atoms with E-state index in [1.165, 1.54) is 32.1 Å². The molecule has 0 fully saturated rings. The summed E-state index contributed by atoms with van der Waals surface area (Å²) in [5.74, 6) is 0. The molecule has 0 bridgehead atoms. The minimum atomic E-state index is 0. The zero-order valence-corrected chi connectivity index (χ0v) is 12.1. The second kappa shape index (κ2) is 17.5. The smallest absolute Gasteiger partial charge is 0.0319 e. The molecule has 0 saturated carbocycles. The maximum Gasteiger partial charge on any atom is 0.0319 e. The second-order valence-electron chi connectivity index (χ2n) is 2.94. The maximum atomic E-state index is 7.00. The van der Waals surface area contributed by atoms with Gasteiger partial charge in [-0.1, -0.05) is 17.7 Å². The van der Waals surface area contributed by atoms with E-state index >= 15 is 0 Å². The first-order valence-electron chi connectivity index (χ1n) is 5.18. The molecule has 0 aliphatic heterocycles. The average molecular weight is 264 g/mol. The Kier molecular flexibility index (Phi) is 23.3. The van der Waals surface area contributed by atoms with Crippen molar-refractivity contribution in [3.63, 3.8) is 0 Å². The predicted molar refractivity (Wildman–Crippen MR) is 63.7 cm³/mol. The van der Waals surface area contributed by atoms with Crippen LogP contribution in [0.5, 0.6) is 0 Å². The number of hydrogen-bond acceptors (Lipinski definition) is 3. The molecule has 0 saturated heterocycles. The van der Waals surface area contributed by atoms with E-state index in [4.69, 9.17) is 15.3 Å². The number of allylic oxidation sites excluding steroid dienone is 4. The summed E-state index contributed by atoms with van der Waals surface area (Å²) in [5, 5.41) is 21.0. The van der Waals surface area contributed by atoms with Crippen LogP contribution in [0.25, 0.3) is 0 Å². The Morgan fingerprint density at radius 2 is 1.38 bits per heavy atom. The Bertz CT molecular complexity index is 189. The van der Waals surface area contributed by atoms with Crippen LogP contribution in [0, 0.1) is 0 Å². The molecule has 0 aromatic heterocycles. The standard InChI is InChI=1S/C9H12.3CH4O.Ti/c1-2-5-9-7-3-6-8(9)4-1;3*1-2;/h3,6H,1-2,4-5,7H2;3*2H,1H3;. The van der Waals surface area contributed by atoms with Crippen LogP contribution in [-0.4, -0.2) is 36.6 Å². The summed E-state index contributed by atoms with van der Waals surface area (Å²) in [6.45, 7) is 0. The normalized spacial score (nSPS) is 15.1. The van der Waals surface area contributed by atoms with E-state index in [0.717, 1.165) is 21.3 Å². The molecular weight excluding hydrogens is 240 g/mol. The van der Waals surface area contributed by atoms with E-state index in [1.54, 1.807) is 11.1 Å². The molecular formula is C12H24O3Ti. The zero-order valence-electron chi connectivity index (χ0n) is 10.5. The van der Waals surface area contributed by atoms with E-state index in [2.05, 4.69) is 12.2 Å². The van der Waals surface area contributed by atoms with Gasteiger partial charge >= 0.3 is 0 Å². The molecule has 0 heterocycles. The van der Waals surface area contributed by atoms with Crippen molar-refractivity contribution in [1.29, 1.82) is 0 Å². The summed E-state index contributed by atoms with van der Waals surface area (Å²) >= 11 is 0. The van der Waals surface area contributed by atoms with Crippen LogP contribution in [0.15, 0.2) is 23.3 Å². The average Bonchev–Trinajstić information content (AvgIpc) is 2.85. The van der Waals surface area contributed by atoms with Gasteiger partial charge in [0.25, 0.3) is 0 Å². The Morgan fingerprint density at radius 3 is 1.88 bits per heavy atom. The molecule has 0 aromatic carbocycles. The third kappa shape index (κ3) is 8.25. The van der Waals surface area contributed by atoms with Crippen molar-refractivity contribution in [3.05, 3.63) is 23.3 Å². The molecule has 0 amide bonds. The van der Waals surface area contributed by atoms with Crippen LogP contribution in [0.1, 0.15) is 32.1 Å².